The van der Waals surface area contributed by atoms with Crippen LogP contribution in [0, 0.1) is 5.92 Å². The minimum absolute atomic E-state index is 0.144. The van der Waals surface area contributed by atoms with Gasteiger partial charge in [-0.15, -0.1) is 11.8 Å². The number of anilines is 1. The van der Waals surface area contributed by atoms with Gasteiger partial charge in [0.1, 0.15) is 5.82 Å². The molecule has 1 aromatic carbocycles. The summed E-state index contributed by atoms with van der Waals surface area (Å²) in [4.78, 5) is 24.1. The molecule has 2 fully saturated rings. The largest absolute Gasteiger partial charge is 0.383 e. The van der Waals surface area contributed by atoms with E-state index >= 15 is 0 Å². The number of carbonyl (C=O) groups is 1. The van der Waals surface area contributed by atoms with Crippen molar-refractivity contribution in [3.8, 4) is 0 Å². The predicted molar refractivity (Wildman–Crippen MR) is 130 cm³/mol. The highest BCUT2D eigenvalue weighted by molar-refractivity contribution is 7.98. The molecule has 0 spiro atoms. The quantitative estimate of drug-likeness (QED) is 0.550. The van der Waals surface area contributed by atoms with Crippen molar-refractivity contribution in [1.29, 1.82) is 0 Å². The van der Waals surface area contributed by atoms with E-state index in [1.807, 2.05) is 4.90 Å². The number of thioether (sulfide) groups is 1. The summed E-state index contributed by atoms with van der Waals surface area (Å²) in [5.74, 6) is 1.40. The first-order valence-electron chi connectivity index (χ1n) is 11.8. The van der Waals surface area contributed by atoms with Gasteiger partial charge in [0, 0.05) is 55.1 Å². The van der Waals surface area contributed by atoms with Crippen LogP contribution in [0.1, 0.15) is 37.7 Å². The van der Waals surface area contributed by atoms with Crippen molar-refractivity contribution in [2.24, 2.45) is 5.92 Å². The van der Waals surface area contributed by atoms with Gasteiger partial charge in [0.25, 0.3) is 0 Å². The Morgan fingerprint density at radius 2 is 2.00 bits per heavy atom. The topological polar surface area (TPSA) is 54.9 Å². The molecule has 1 aliphatic heterocycles. The fourth-order valence-corrected chi connectivity index (χ4v) is 5.19. The number of ether oxygens (including phenoxy) is 2. The summed E-state index contributed by atoms with van der Waals surface area (Å²) in [5, 5.41) is 1.12. The zero-order chi connectivity index (χ0) is 22.3. The van der Waals surface area contributed by atoms with Gasteiger partial charge in [0.15, 0.2) is 0 Å². The number of methoxy groups -OCH3 is 1. The van der Waals surface area contributed by atoms with Crippen LogP contribution in [0.4, 0.5) is 5.82 Å². The van der Waals surface area contributed by atoms with E-state index < -0.39 is 0 Å². The lowest BCUT2D eigenvalue weighted by Crippen LogP contribution is -2.40. The van der Waals surface area contributed by atoms with Crippen molar-refractivity contribution in [3.05, 3.63) is 29.8 Å². The summed E-state index contributed by atoms with van der Waals surface area (Å²) in [7, 11) is 1.70. The fraction of sp³-hybridized carbons (Fsp3) is 0.600. The molecule has 32 heavy (non-hydrogen) atoms. The van der Waals surface area contributed by atoms with E-state index in [0.29, 0.717) is 32.9 Å². The molecule has 0 atom stereocenters. The molecule has 7 heteroatoms. The van der Waals surface area contributed by atoms with Gasteiger partial charge in [0.05, 0.1) is 25.3 Å². The van der Waals surface area contributed by atoms with Crippen LogP contribution in [0.5, 0.6) is 0 Å². The molecular formula is C25H35N3O3S. The number of pyridine rings is 1. The zero-order valence-electron chi connectivity index (χ0n) is 19.3. The Labute approximate surface area is 195 Å². The van der Waals surface area contributed by atoms with Crippen LogP contribution in [0.3, 0.4) is 0 Å². The minimum atomic E-state index is 0.144. The Morgan fingerprint density at radius 3 is 2.72 bits per heavy atom. The van der Waals surface area contributed by atoms with Gasteiger partial charge in [-0.1, -0.05) is 25.3 Å². The summed E-state index contributed by atoms with van der Waals surface area (Å²) in [5.41, 5.74) is 2.11. The number of amides is 1. The van der Waals surface area contributed by atoms with E-state index in [-0.39, 0.29) is 11.8 Å². The number of aromatic nitrogens is 1. The van der Waals surface area contributed by atoms with Crippen molar-refractivity contribution in [3.63, 3.8) is 0 Å². The summed E-state index contributed by atoms with van der Waals surface area (Å²) >= 11 is 1.73. The SMILES string of the molecule is COCCN(Cc1cc2ccc(SC)cc2nc1N1CCOCC1)C(=O)C1CCCCC1. The van der Waals surface area contributed by atoms with E-state index in [0.717, 1.165) is 61.1 Å². The van der Waals surface area contributed by atoms with E-state index in [1.54, 1.807) is 18.9 Å². The van der Waals surface area contributed by atoms with Gasteiger partial charge < -0.3 is 19.3 Å². The van der Waals surface area contributed by atoms with E-state index in [4.69, 9.17) is 14.5 Å². The first kappa shape index (κ1) is 23.3. The molecular weight excluding hydrogens is 422 g/mol. The van der Waals surface area contributed by atoms with Crippen molar-refractivity contribution in [2.75, 3.05) is 57.7 Å². The molecule has 2 aliphatic rings. The number of morpholine rings is 1. The van der Waals surface area contributed by atoms with Crippen LogP contribution in [0.15, 0.2) is 29.2 Å². The third kappa shape index (κ3) is 5.56. The second-order valence-corrected chi connectivity index (χ2v) is 9.60. The first-order valence-corrected chi connectivity index (χ1v) is 13.0. The van der Waals surface area contributed by atoms with Crippen molar-refractivity contribution >= 4 is 34.4 Å². The number of carbonyl (C=O) groups excluding carboxylic acids is 1. The summed E-state index contributed by atoms with van der Waals surface area (Å²) in [6, 6.07) is 8.67. The molecule has 6 nitrogen and oxygen atoms in total. The van der Waals surface area contributed by atoms with Gasteiger partial charge >= 0.3 is 0 Å². The number of nitrogens with zero attached hydrogens (tertiary/aromatic N) is 3. The Balaban J connectivity index is 1.67. The predicted octanol–water partition coefficient (Wildman–Crippen LogP) is 4.35. The van der Waals surface area contributed by atoms with Crippen LogP contribution >= 0.6 is 11.8 Å². The fourth-order valence-electron chi connectivity index (χ4n) is 4.75. The number of benzene rings is 1. The minimum Gasteiger partial charge on any atom is -0.383 e. The average molecular weight is 458 g/mol. The standard InChI is InChI=1S/C25H35N3O3S/c1-30-13-10-28(25(29)19-6-4-3-5-7-19)18-21-16-20-8-9-22(32-2)17-23(20)26-24(21)27-11-14-31-15-12-27/h8-9,16-17,19H,3-7,10-15,18H2,1-2H3. The van der Waals surface area contributed by atoms with Crippen LogP contribution in [-0.4, -0.2) is 68.6 Å². The van der Waals surface area contributed by atoms with Crippen LogP contribution in [0.25, 0.3) is 10.9 Å². The summed E-state index contributed by atoms with van der Waals surface area (Å²) in [6.07, 6.45) is 7.66. The first-order chi connectivity index (χ1) is 15.7. The van der Waals surface area contributed by atoms with Crippen LogP contribution in [-0.2, 0) is 20.8 Å². The number of fused-ring (bicyclic) bond motifs is 1. The Hall–Kier alpha value is -1.83. The van der Waals surface area contributed by atoms with E-state index in [9.17, 15) is 4.79 Å². The van der Waals surface area contributed by atoms with E-state index in [2.05, 4.69) is 35.4 Å². The molecule has 1 saturated carbocycles. The maximum atomic E-state index is 13.5. The molecule has 1 amide bonds. The molecule has 0 unspecified atom stereocenters. The van der Waals surface area contributed by atoms with Gasteiger partial charge in [-0.25, -0.2) is 4.98 Å². The monoisotopic (exact) mass is 457 g/mol. The maximum Gasteiger partial charge on any atom is 0.226 e. The zero-order valence-corrected chi connectivity index (χ0v) is 20.2. The van der Waals surface area contributed by atoms with Gasteiger partial charge in [-0.05, 0) is 37.3 Å². The third-order valence-corrected chi connectivity index (χ3v) is 7.31. The van der Waals surface area contributed by atoms with Crippen LogP contribution < -0.4 is 4.90 Å². The molecule has 2 aromatic rings. The lowest BCUT2D eigenvalue weighted by atomic mass is 9.88. The van der Waals surface area contributed by atoms with Gasteiger partial charge in [-0.2, -0.15) is 0 Å². The number of hydrogen-bond donors (Lipinski definition) is 0. The molecule has 2 heterocycles. The maximum absolute atomic E-state index is 13.5. The molecule has 1 aromatic heterocycles. The summed E-state index contributed by atoms with van der Waals surface area (Å²) < 4.78 is 10.9. The number of hydrogen-bond acceptors (Lipinski definition) is 6. The van der Waals surface area contributed by atoms with Crippen LogP contribution in [0.2, 0.25) is 0 Å². The molecule has 0 N–H and O–H groups in total. The molecule has 174 valence electrons. The second kappa shape index (κ2) is 11.3. The van der Waals surface area contributed by atoms with Crippen molar-refractivity contribution < 1.29 is 14.3 Å². The lowest BCUT2D eigenvalue weighted by molar-refractivity contribution is -0.137. The van der Waals surface area contributed by atoms with Gasteiger partial charge in [0.2, 0.25) is 5.91 Å². The molecule has 0 radical (unpaired) electrons. The molecule has 1 aliphatic carbocycles. The number of rotatable bonds is 8. The summed E-state index contributed by atoms with van der Waals surface area (Å²) in [6.45, 7) is 4.78. The highest BCUT2D eigenvalue weighted by Crippen LogP contribution is 2.30. The second-order valence-electron chi connectivity index (χ2n) is 8.72. The van der Waals surface area contributed by atoms with Crippen molar-refractivity contribution in [1.82, 2.24) is 9.88 Å². The molecule has 0 bridgehead atoms. The Kier molecular flexibility index (Phi) is 8.27. The highest BCUT2D eigenvalue weighted by Gasteiger charge is 2.27. The van der Waals surface area contributed by atoms with E-state index in [1.165, 1.54) is 11.3 Å². The molecule has 4 rings (SSSR count). The molecule has 1 saturated heterocycles. The smallest absolute Gasteiger partial charge is 0.226 e. The Morgan fingerprint density at radius 1 is 1.22 bits per heavy atom. The normalized spacial score (nSPS) is 17.6. The lowest BCUT2D eigenvalue weighted by Gasteiger charge is -2.33. The van der Waals surface area contributed by atoms with Gasteiger partial charge in [-0.3, -0.25) is 4.79 Å². The van der Waals surface area contributed by atoms with Crippen molar-refractivity contribution in [2.45, 2.75) is 43.5 Å². The third-order valence-electron chi connectivity index (χ3n) is 6.58. The Bertz CT molecular complexity index is 911. The average Bonchev–Trinajstić information content (AvgIpc) is 2.86. The highest BCUT2D eigenvalue weighted by atomic mass is 32.2.